The molecule has 0 spiro atoms. The summed E-state index contributed by atoms with van der Waals surface area (Å²) in [5.41, 5.74) is 4.61. The van der Waals surface area contributed by atoms with Crippen LogP contribution in [0.2, 0.25) is 0 Å². The van der Waals surface area contributed by atoms with Crippen molar-refractivity contribution in [3.8, 4) is 0 Å². The Hall–Kier alpha value is -3.15. The molecule has 2 aromatic rings. The van der Waals surface area contributed by atoms with Gasteiger partial charge in [-0.05, 0) is 55.0 Å². The van der Waals surface area contributed by atoms with Gasteiger partial charge in [-0.25, -0.2) is 0 Å². The molecule has 6 nitrogen and oxygen atoms in total. The first-order chi connectivity index (χ1) is 14.8. The molecule has 2 atom stereocenters. The number of rotatable bonds is 7. The van der Waals surface area contributed by atoms with Crippen LogP contribution in [0, 0.1) is 19.8 Å². The molecule has 6 heteroatoms. The molecular weight excluding hydrogens is 392 g/mol. The molecule has 0 bridgehead atoms. The number of nitrogens with zero attached hydrogens (tertiary/aromatic N) is 1. The summed E-state index contributed by atoms with van der Waals surface area (Å²) in [5, 5.41) is 2.77. The number of esters is 1. The Labute approximate surface area is 183 Å². The highest BCUT2D eigenvalue weighted by Gasteiger charge is 2.37. The number of hydrogen-bond donors (Lipinski definition) is 1. The van der Waals surface area contributed by atoms with Crippen molar-refractivity contribution in [2.45, 2.75) is 46.5 Å². The Balaban J connectivity index is 1.60. The maximum atomic E-state index is 12.6. The van der Waals surface area contributed by atoms with Gasteiger partial charge in [0.25, 0.3) is 5.91 Å². The average molecular weight is 423 g/mol. The molecule has 1 aliphatic rings. The Bertz CT molecular complexity index is 985. The summed E-state index contributed by atoms with van der Waals surface area (Å²) >= 11 is 0. The molecule has 0 aromatic heterocycles. The van der Waals surface area contributed by atoms with Crippen LogP contribution in [-0.2, 0) is 19.1 Å². The molecular formula is C25H30N2O4. The van der Waals surface area contributed by atoms with Gasteiger partial charge in [-0.2, -0.15) is 0 Å². The maximum Gasteiger partial charge on any atom is 0.311 e. The molecule has 2 aromatic carbocycles. The summed E-state index contributed by atoms with van der Waals surface area (Å²) in [5.74, 6) is -1.29. The predicted octanol–water partition coefficient (Wildman–Crippen LogP) is 4.35. The Kier molecular flexibility index (Phi) is 7.10. The van der Waals surface area contributed by atoms with E-state index in [0.717, 1.165) is 28.8 Å². The zero-order valence-electron chi connectivity index (χ0n) is 18.6. The second-order valence-electron chi connectivity index (χ2n) is 8.25. The lowest BCUT2D eigenvalue weighted by Crippen LogP contribution is -2.29. The fourth-order valence-corrected chi connectivity index (χ4v) is 3.78. The first-order valence-electron chi connectivity index (χ1n) is 10.7. The van der Waals surface area contributed by atoms with E-state index in [-0.39, 0.29) is 25.5 Å². The van der Waals surface area contributed by atoms with Crippen LogP contribution in [0.25, 0.3) is 0 Å². The highest BCUT2D eigenvalue weighted by Crippen LogP contribution is 2.33. The number of aryl methyl sites for hydroxylation is 2. The van der Waals surface area contributed by atoms with Crippen LogP contribution in [0.5, 0.6) is 0 Å². The van der Waals surface area contributed by atoms with Crippen molar-refractivity contribution >= 4 is 29.2 Å². The number of amides is 2. The van der Waals surface area contributed by atoms with Crippen molar-refractivity contribution in [1.29, 1.82) is 0 Å². The summed E-state index contributed by atoms with van der Waals surface area (Å²) in [6, 6.07) is 13.6. The second-order valence-corrected chi connectivity index (χ2v) is 8.25. The highest BCUT2D eigenvalue weighted by molar-refractivity contribution is 6.00. The van der Waals surface area contributed by atoms with Gasteiger partial charge in [0.05, 0.1) is 5.92 Å². The lowest BCUT2D eigenvalue weighted by atomic mass is 9.96. The number of hydrogen-bond acceptors (Lipinski definition) is 4. The van der Waals surface area contributed by atoms with Crippen molar-refractivity contribution in [2.24, 2.45) is 5.92 Å². The number of carbonyl (C=O) groups excluding carboxylic acids is 3. The standard InChI is InChI=1S/C25H30N2O4/c1-5-17(3)20-8-6-7-9-22(20)27-14-19(13-24(27)29)25(30)31-15-23(28)26-21-12-16(2)10-11-18(21)4/h6-12,17,19H,5,13-15H2,1-4H3,(H,26,28)/t17-,19-/m0/s1. The van der Waals surface area contributed by atoms with Gasteiger partial charge in [0, 0.05) is 24.3 Å². The molecule has 1 heterocycles. The Morgan fingerprint density at radius 3 is 2.68 bits per heavy atom. The van der Waals surface area contributed by atoms with E-state index in [2.05, 4.69) is 19.2 Å². The van der Waals surface area contributed by atoms with Gasteiger partial charge in [0.2, 0.25) is 5.91 Å². The molecule has 1 N–H and O–H groups in total. The Morgan fingerprint density at radius 1 is 1.19 bits per heavy atom. The molecule has 0 aliphatic carbocycles. The lowest BCUT2D eigenvalue weighted by molar-refractivity contribution is -0.151. The lowest BCUT2D eigenvalue weighted by Gasteiger charge is -2.23. The molecule has 0 radical (unpaired) electrons. The SMILES string of the molecule is CC[C@H](C)c1ccccc1N1C[C@@H](C(=O)OCC(=O)Nc2cc(C)ccc2C)CC1=O. The van der Waals surface area contributed by atoms with Crippen molar-refractivity contribution in [2.75, 3.05) is 23.4 Å². The summed E-state index contributed by atoms with van der Waals surface area (Å²) in [7, 11) is 0. The first kappa shape index (κ1) is 22.5. The average Bonchev–Trinajstić information content (AvgIpc) is 3.15. The summed E-state index contributed by atoms with van der Waals surface area (Å²) < 4.78 is 5.23. The zero-order valence-corrected chi connectivity index (χ0v) is 18.6. The third kappa shape index (κ3) is 5.32. The number of ether oxygens (including phenoxy) is 1. The van der Waals surface area contributed by atoms with Crippen LogP contribution in [-0.4, -0.2) is 30.9 Å². The molecule has 0 unspecified atom stereocenters. The van der Waals surface area contributed by atoms with Crippen molar-refractivity contribution in [3.05, 3.63) is 59.2 Å². The van der Waals surface area contributed by atoms with Gasteiger partial charge in [0.1, 0.15) is 0 Å². The van der Waals surface area contributed by atoms with Crippen LogP contribution in [0.15, 0.2) is 42.5 Å². The third-order valence-electron chi connectivity index (χ3n) is 5.84. The summed E-state index contributed by atoms with van der Waals surface area (Å²) in [6.07, 6.45) is 1.05. The van der Waals surface area contributed by atoms with Crippen molar-refractivity contribution in [3.63, 3.8) is 0 Å². The minimum absolute atomic E-state index is 0.0896. The van der Waals surface area contributed by atoms with Gasteiger partial charge >= 0.3 is 5.97 Å². The van der Waals surface area contributed by atoms with E-state index in [1.807, 2.05) is 56.3 Å². The zero-order chi connectivity index (χ0) is 22.5. The summed E-state index contributed by atoms with van der Waals surface area (Å²) in [4.78, 5) is 39.1. The molecule has 164 valence electrons. The largest absolute Gasteiger partial charge is 0.455 e. The van der Waals surface area contributed by atoms with E-state index in [9.17, 15) is 14.4 Å². The number of carbonyl (C=O) groups is 3. The predicted molar refractivity (Wildman–Crippen MR) is 121 cm³/mol. The molecule has 3 rings (SSSR count). The number of anilines is 2. The van der Waals surface area contributed by atoms with Crippen molar-refractivity contribution < 1.29 is 19.1 Å². The van der Waals surface area contributed by atoms with Gasteiger partial charge < -0.3 is 15.0 Å². The monoisotopic (exact) mass is 422 g/mol. The number of nitrogens with one attached hydrogen (secondary N) is 1. The van der Waals surface area contributed by atoms with E-state index >= 15 is 0 Å². The fourth-order valence-electron chi connectivity index (χ4n) is 3.78. The normalized spacial score (nSPS) is 16.8. The number of benzene rings is 2. The van der Waals surface area contributed by atoms with Crippen LogP contribution in [0.4, 0.5) is 11.4 Å². The van der Waals surface area contributed by atoms with Crippen LogP contribution < -0.4 is 10.2 Å². The third-order valence-corrected chi connectivity index (χ3v) is 5.84. The van der Waals surface area contributed by atoms with Gasteiger partial charge in [-0.15, -0.1) is 0 Å². The van der Waals surface area contributed by atoms with E-state index in [0.29, 0.717) is 11.6 Å². The molecule has 1 saturated heterocycles. The molecule has 0 saturated carbocycles. The quantitative estimate of drug-likeness (QED) is 0.673. The molecule has 2 amide bonds. The first-order valence-corrected chi connectivity index (χ1v) is 10.7. The van der Waals surface area contributed by atoms with Crippen LogP contribution >= 0.6 is 0 Å². The topological polar surface area (TPSA) is 75.7 Å². The molecule has 1 aliphatic heterocycles. The van der Waals surface area contributed by atoms with Gasteiger partial charge in [-0.3, -0.25) is 14.4 Å². The van der Waals surface area contributed by atoms with Crippen molar-refractivity contribution in [1.82, 2.24) is 0 Å². The fraction of sp³-hybridized carbons (Fsp3) is 0.400. The maximum absolute atomic E-state index is 12.6. The minimum atomic E-state index is -0.578. The van der Waals surface area contributed by atoms with E-state index in [1.165, 1.54) is 0 Å². The number of para-hydroxylation sites is 1. The smallest absolute Gasteiger partial charge is 0.311 e. The van der Waals surface area contributed by atoms with Gasteiger partial charge in [-0.1, -0.05) is 44.2 Å². The minimum Gasteiger partial charge on any atom is -0.455 e. The summed E-state index contributed by atoms with van der Waals surface area (Å²) in [6.45, 7) is 7.97. The van der Waals surface area contributed by atoms with E-state index < -0.39 is 17.8 Å². The molecule has 1 fully saturated rings. The van der Waals surface area contributed by atoms with Crippen LogP contribution in [0.3, 0.4) is 0 Å². The van der Waals surface area contributed by atoms with E-state index in [1.54, 1.807) is 4.90 Å². The van der Waals surface area contributed by atoms with Crippen LogP contribution in [0.1, 0.15) is 49.3 Å². The second kappa shape index (κ2) is 9.77. The highest BCUT2D eigenvalue weighted by atomic mass is 16.5. The molecule has 31 heavy (non-hydrogen) atoms. The van der Waals surface area contributed by atoms with Gasteiger partial charge in [0.15, 0.2) is 6.61 Å². The Morgan fingerprint density at radius 2 is 1.94 bits per heavy atom. The van der Waals surface area contributed by atoms with E-state index in [4.69, 9.17) is 4.74 Å².